The van der Waals surface area contributed by atoms with E-state index in [0.29, 0.717) is 6.42 Å². The topological polar surface area (TPSA) is 28.5 Å². The van der Waals surface area contributed by atoms with Crippen LogP contribution in [0.4, 0.5) is 4.39 Å². The second kappa shape index (κ2) is 10.7. The number of piperazine rings is 1. The molecule has 0 bridgehead atoms. The molecule has 1 unspecified atom stereocenters. The van der Waals surface area contributed by atoms with Crippen LogP contribution in [0.1, 0.15) is 41.5 Å². The van der Waals surface area contributed by atoms with Gasteiger partial charge in [0.1, 0.15) is 5.82 Å². The van der Waals surface area contributed by atoms with Crippen LogP contribution in [0.5, 0.6) is 0 Å². The van der Waals surface area contributed by atoms with Gasteiger partial charge in [-0.05, 0) is 48.4 Å². The monoisotopic (exact) mass is 483 g/mol. The first-order valence-electron chi connectivity index (χ1n) is 12.9. The van der Waals surface area contributed by atoms with Crippen LogP contribution in [0.25, 0.3) is 10.9 Å². The standard InChI is InChI=1S/C31H34FN3O/c1-3-33-16-18-34(19-17-33)31(36)20-28(25-12-14-26(32)15-13-25)29-22-35(30-7-5-4-6-27(29)30)21-24-10-8-23(2)9-11-24/h4-15,22,28H,3,16-21H2,1-2H3. The fourth-order valence-electron chi connectivity index (χ4n) is 5.29. The van der Waals surface area contributed by atoms with Gasteiger partial charge in [-0.15, -0.1) is 0 Å². The van der Waals surface area contributed by atoms with Gasteiger partial charge >= 0.3 is 0 Å². The number of carbonyl (C=O) groups excluding carboxylic acids is 1. The van der Waals surface area contributed by atoms with Gasteiger partial charge in [-0.1, -0.05) is 67.1 Å². The first-order chi connectivity index (χ1) is 17.5. The van der Waals surface area contributed by atoms with Crippen LogP contribution in [-0.4, -0.2) is 53.0 Å². The maximum Gasteiger partial charge on any atom is 0.223 e. The molecule has 186 valence electrons. The van der Waals surface area contributed by atoms with Crippen LogP contribution in [-0.2, 0) is 11.3 Å². The molecule has 1 saturated heterocycles. The number of hydrogen-bond acceptors (Lipinski definition) is 2. The predicted octanol–water partition coefficient (Wildman–Crippen LogP) is 5.82. The highest BCUT2D eigenvalue weighted by atomic mass is 19.1. The summed E-state index contributed by atoms with van der Waals surface area (Å²) in [5, 5.41) is 1.14. The van der Waals surface area contributed by atoms with Crippen LogP contribution < -0.4 is 0 Å². The third kappa shape index (κ3) is 5.21. The molecule has 2 heterocycles. The lowest BCUT2D eigenvalue weighted by molar-refractivity contribution is -0.133. The molecule has 4 nitrogen and oxygen atoms in total. The van der Waals surface area contributed by atoms with Gasteiger partial charge in [0.05, 0.1) is 0 Å². The number of carbonyl (C=O) groups is 1. The molecule has 36 heavy (non-hydrogen) atoms. The summed E-state index contributed by atoms with van der Waals surface area (Å²) in [5.41, 5.74) is 5.70. The summed E-state index contributed by atoms with van der Waals surface area (Å²) in [6.45, 7) is 9.38. The molecular formula is C31H34FN3O. The Balaban J connectivity index is 1.50. The molecule has 1 aromatic heterocycles. The van der Waals surface area contributed by atoms with Crippen molar-refractivity contribution in [2.24, 2.45) is 0 Å². The van der Waals surface area contributed by atoms with Crippen molar-refractivity contribution in [1.82, 2.24) is 14.4 Å². The number of aromatic nitrogens is 1. The average Bonchev–Trinajstić information content (AvgIpc) is 3.27. The van der Waals surface area contributed by atoms with E-state index in [4.69, 9.17) is 0 Å². The minimum Gasteiger partial charge on any atom is -0.343 e. The Morgan fingerprint density at radius 2 is 1.61 bits per heavy atom. The Bertz CT molecular complexity index is 1320. The molecule has 5 heteroatoms. The van der Waals surface area contributed by atoms with Gasteiger partial charge < -0.3 is 14.4 Å². The molecule has 0 spiro atoms. The highest BCUT2D eigenvalue weighted by Crippen LogP contribution is 2.36. The minimum absolute atomic E-state index is 0.147. The van der Waals surface area contributed by atoms with Gasteiger partial charge in [0, 0.05) is 62.2 Å². The van der Waals surface area contributed by atoms with Gasteiger partial charge in [0.25, 0.3) is 0 Å². The summed E-state index contributed by atoms with van der Waals surface area (Å²) in [7, 11) is 0. The second-order valence-electron chi connectivity index (χ2n) is 9.84. The van der Waals surface area contributed by atoms with Crippen LogP contribution in [0.3, 0.4) is 0 Å². The maximum atomic E-state index is 13.8. The lowest BCUT2D eigenvalue weighted by Gasteiger charge is -2.34. The summed E-state index contributed by atoms with van der Waals surface area (Å²) < 4.78 is 16.1. The molecule has 1 amide bonds. The smallest absolute Gasteiger partial charge is 0.223 e. The zero-order valence-electron chi connectivity index (χ0n) is 21.2. The van der Waals surface area contributed by atoms with Crippen LogP contribution >= 0.6 is 0 Å². The number of rotatable bonds is 7. The van der Waals surface area contributed by atoms with Crippen molar-refractivity contribution in [3.05, 3.63) is 107 Å². The third-order valence-corrected chi connectivity index (χ3v) is 7.49. The van der Waals surface area contributed by atoms with Gasteiger partial charge in [0.2, 0.25) is 5.91 Å². The summed E-state index contributed by atoms with van der Waals surface area (Å²) in [6.07, 6.45) is 2.57. The predicted molar refractivity (Wildman–Crippen MR) is 144 cm³/mol. The molecule has 0 radical (unpaired) electrons. The number of hydrogen-bond donors (Lipinski definition) is 0. The molecule has 5 rings (SSSR count). The highest BCUT2D eigenvalue weighted by molar-refractivity contribution is 5.87. The van der Waals surface area contributed by atoms with E-state index in [0.717, 1.165) is 61.3 Å². The summed E-state index contributed by atoms with van der Waals surface area (Å²) in [4.78, 5) is 17.9. The van der Waals surface area contributed by atoms with Gasteiger partial charge in [-0.25, -0.2) is 4.39 Å². The van der Waals surface area contributed by atoms with Gasteiger partial charge in [-0.3, -0.25) is 4.79 Å². The van der Waals surface area contributed by atoms with E-state index >= 15 is 0 Å². The van der Waals surface area contributed by atoms with Crippen molar-refractivity contribution < 1.29 is 9.18 Å². The Kier molecular flexibility index (Phi) is 7.19. The Labute approximate surface area is 213 Å². The molecule has 0 N–H and O–H groups in total. The molecule has 1 aliphatic rings. The van der Waals surface area contributed by atoms with Crippen molar-refractivity contribution in [2.45, 2.75) is 32.7 Å². The van der Waals surface area contributed by atoms with Crippen LogP contribution in [0.2, 0.25) is 0 Å². The lowest BCUT2D eigenvalue weighted by Crippen LogP contribution is -2.48. The van der Waals surface area contributed by atoms with Crippen LogP contribution in [0, 0.1) is 12.7 Å². The first-order valence-corrected chi connectivity index (χ1v) is 12.9. The lowest BCUT2D eigenvalue weighted by atomic mass is 9.87. The molecule has 4 aromatic rings. The van der Waals surface area contributed by atoms with Crippen molar-refractivity contribution in [2.75, 3.05) is 32.7 Å². The largest absolute Gasteiger partial charge is 0.343 e. The molecule has 3 aromatic carbocycles. The quantitative estimate of drug-likeness (QED) is 0.331. The van der Waals surface area contributed by atoms with E-state index < -0.39 is 0 Å². The van der Waals surface area contributed by atoms with Crippen molar-refractivity contribution >= 4 is 16.8 Å². The zero-order valence-corrected chi connectivity index (χ0v) is 21.2. The number of benzene rings is 3. The van der Waals surface area contributed by atoms with Crippen LogP contribution in [0.15, 0.2) is 79.0 Å². The summed E-state index contributed by atoms with van der Waals surface area (Å²) >= 11 is 0. The Hall–Kier alpha value is -3.44. The van der Waals surface area contributed by atoms with E-state index in [1.54, 1.807) is 0 Å². The van der Waals surface area contributed by atoms with E-state index in [1.807, 2.05) is 17.0 Å². The average molecular weight is 484 g/mol. The molecule has 1 fully saturated rings. The molecule has 0 aliphatic carbocycles. The van der Waals surface area contributed by atoms with Crippen molar-refractivity contribution in [1.29, 1.82) is 0 Å². The number of nitrogens with zero attached hydrogens (tertiary/aromatic N) is 3. The molecule has 0 saturated carbocycles. The van der Waals surface area contributed by atoms with E-state index in [-0.39, 0.29) is 17.6 Å². The molecular weight excluding hydrogens is 449 g/mol. The highest BCUT2D eigenvalue weighted by Gasteiger charge is 2.27. The first kappa shape index (κ1) is 24.3. The number of aryl methyl sites for hydroxylation is 1. The summed E-state index contributed by atoms with van der Waals surface area (Å²) in [6, 6.07) is 23.7. The maximum absolute atomic E-state index is 13.8. The molecule has 1 atom stereocenters. The number of likely N-dealkylation sites (N-methyl/N-ethyl adjacent to an activating group) is 1. The third-order valence-electron chi connectivity index (χ3n) is 7.49. The Morgan fingerprint density at radius 1 is 0.917 bits per heavy atom. The number of halogens is 1. The number of fused-ring (bicyclic) bond motifs is 1. The van der Waals surface area contributed by atoms with E-state index in [9.17, 15) is 9.18 Å². The normalized spacial score (nSPS) is 15.4. The van der Waals surface area contributed by atoms with Gasteiger partial charge in [-0.2, -0.15) is 0 Å². The van der Waals surface area contributed by atoms with Crippen molar-refractivity contribution in [3.8, 4) is 0 Å². The minimum atomic E-state index is -0.263. The fourth-order valence-corrected chi connectivity index (χ4v) is 5.29. The fraction of sp³-hybridized carbons (Fsp3) is 0.323. The zero-order chi connectivity index (χ0) is 25.1. The van der Waals surface area contributed by atoms with Gasteiger partial charge in [0.15, 0.2) is 0 Å². The number of amides is 1. The van der Waals surface area contributed by atoms with E-state index in [2.05, 4.69) is 78.0 Å². The Morgan fingerprint density at radius 3 is 2.31 bits per heavy atom. The SMILES string of the molecule is CCN1CCN(C(=O)CC(c2ccc(F)cc2)c2cn(Cc3ccc(C)cc3)c3ccccc23)CC1. The van der Waals surface area contributed by atoms with E-state index in [1.165, 1.54) is 23.3 Å². The summed E-state index contributed by atoms with van der Waals surface area (Å²) in [5.74, 6) is -0.247. The second-order valence-corrected chi connectivity index (χ2v) is 9.84. The molecule has 1 aliphatic heterocycles. The number of para-hydroxylation sites is 1. The van der Waals surface area contributed by atoms with Crippen molar-refractivity contribution in [3.63, 3.8) is 0 Å².